The van der Waals surface area contributed by atoms with E-state index in [0.717, 1.165) is 12.8 Å². The van der Waals surface area contributed by atoms with Crippen LogP contribution in [0.1, 0.15) is 30.1 Å². The smallest absolute Gasteiger partial charge is 0.354 e. The highest BCUT2D eigenvalue weighted by Gasteiger charge is 2.23. The van der Waals surface area contributed by atoms with E-state index >= 15 is 0 Å². The molecule has 1 amide bonds. The summed E-state index contributed by atoms with van der Waals surface area (Å²) in [5.41, 5.74) is 4.81. The summed E-state index contributed by atoms with van der Waals surface area (Å²) >= 11 is 0. The molecule has 0 saturated carbocycles. The van der Waals surface area contributed by atoms with Crippen LogP contribution in [0.3, 0.4) is 0 Å². The average molecular weight is 360 g/mol. The number of amides is 1. The van der Waals surface area contributed by atoms with Gasteiger partial charge in [-0.15, -0.1) is 0 Å². The number of carbonyl (C=O) groups excluding carboxylic acids is 1. The molecule has 1 aromatic heterocycles. The molecule has 0 aliphatic heterocycles. The number of hydrogen-bond acceptors (Lipinski definition) is 8. The van der Waals surface area contributed by atoms with Crippen LogP contribution in [0.15, 0.2) is 30.6 Å². The van der Waals surface area contributed by atoms with Gasteiger partial charge >= 0.3 is 5.69 Å². The molecule has 10 heteroatoms. The normalized spacial score (nSPS) is 10.1. The molecule has 0 fully saturated rings. The first kappa shape index (κ1) is 18.9. The summed E-state index contributed by atoms with van der Waals surface area (Å²) in [6.45, 7) is 2.55. The van der Waals surface area contributed by atoms with Crippen LogP contribution in [0.5, 0.6) is 5.75 Å². The molecule has 2 aromatic rings. The van der Waals surface area contributed by atoms with Crippen molar-refractivity contribution in [1.29, 1.82) is 0 Å². The lowest BCUT2D eigenvalue weighted by Gasteiger charge is -2.12. The molecule has 0 aliphatic rings. The number of unbranched alkanes of at least 4 members (excludes halogenated alkanes) is 1. The van der Waals surface area contributed by atoms with Gasteiger partial charge in [-0.2, -0.15) is 0 Å². The molecule has 0 spiro atoms. The van der Waals surface area contributed by atoms with E-state index in [2.05, 4.69) is 26.1 Å². The van der Waals surface area contributed by atoms with Crippen molar-refractivity contribution in [3.63, 3.8) is 0 Å². The Hall–Kier alpha value is -3.43. The van der Waals surface area contributed by atoms with Gasteiger partial charge in [-0.3, -0.25) is 25.8 Å². The van der Waals surface area contributed by atoms with Gasteiger partial charge in [-0.1, -0.05) is 25.5 Å². The number of nitrogens with zero attached hydrogens (tertiary/aromatic N) is 3. The fourth-order valence-electron chi connectivity index (χ4n) is 2.17. The molecular formula is C16H20N6O4. The lowest BCUT2D eigenvalue weighted by atomic mass is 10.2. The monoisotopic (exact) mass is 360 g/mol. The summed E-state index contributed by atoms with van der Waals surface area (Å²) in [5.74, 6) is -0.165. The molecule has 3 N–H and O–H groups in total. The first-order chi connectivity index (χ1) is 12.6. The standard InChI is InChI=1S/C16H20N6O4/c1-3-4-9-17-14-13(22(24)25)15(19-10-18-14)20-21-16(23)11-7-5-6-8-12(11)26-2/h5-8,10H,3-4,9H2,1-2H3,(H,21,23)(H2,17,18,19,20). The number of carbonyl (C=O) groups is 1. The van der Waals surface area contributed by atoms with E-state index in [0.29, 0.717) is 12.3 Å². The van der Waals surface area contributed by atoms with Gasteiger partial charge in [0.15, 0.2) is 0 Å². The fourth-order valence-corrected chi connectivity index (χ4v) is 2.17. The Kier molecular flexibility index (Phi) is 6.66. The highest BCUT2D eigenvalue weighted by molar-refractivity contribution is 5.97. The molecule has 2 rings (SSSR count). The quantitative estimate of drug-likeness (QED) is 0.353. The van der Waals surface area contributed by atoms with E-state index < -0.39 is 10.8 Å². The van der Waals surface area contributed by atoms with Crippen LogP contribution in [0.25, 0.3) is 0 Å². The Morgan fingerprint density at radius 1 is 1.27 bits per heavy atom. The maximum atomic E-state index is 12.3. The topological polar surface area (TPSA) is 131 Å². The summed E-state index contributed by atoms with van der Waals surface area (Å²) in [6.07, 6.45) is 2.96. The van der Waals surface area contributed by atoms with Gasteiger partial charge in [0.1, 0.15) is 12.1 Å². The van der Waals surface area contributed by atoms with Crippen LogP contribution in [0.2, 0.25) is 0 Å². The predicted molar refractivity (Wildman–Crippen MR) is 96.2 cm³/mol. The first-order valence-corrected chi connectivity index (χ1v) is 8.01. The third-order valence-electron chi connectivity index (χ3n) is 3.47. The number of rotatable bonds is 9. The van der Waals surface area contributed by atoms with Gasteiger partial charge in [0.05, 0.1) is 17.6 Å². The Balaban J connectivity index is 2.17. The second-order valence-electron chi connectivity index (χ2n) is 5.24. The van der Waals surface area contributed by atoms with Crippen LogP contribution in [0.4, 0.5) is 17.3 Å². The lowest BCUT2D eigenvalue weighted by Crippen LogP contribution is -2.30. The number of para-hydroxylation sites is 1. The summed E-state index contributed by atoms with van der Waals surface area (Å²) in [5, 5.41) is 14.3. The number of nitro groups is 1. The van der Waals surface area contributed by atoms with Crippen molar-refractivity contribution >= 4 is 23.2 Å². The van der Waals surface area contributed by atoms with Gasteiger partial charge in [0, 0.05) is 6.54 Å². The molecule has 1 heterocycles. The highest BCUT2D eigenvalue weighted by atomic mass is 16.6. The summed E-state index contributed by atoms with van der Waals surface area (Å²) in [4.78, 5) is 30.8. The molecule has 138 valence electrons. The van der Waals surface area contributed by atoms with Gasteiger partial charge in [-0.25, -0.2) is 9.97 Å². The summed E-state index contributed by atoms with van der Waals surface area (Å²) in [6, 6.07) is 6.62. The van der Waals surface area contributed by atoms with Crippen molar-refractivity contribution < 1.29 is 14.5 Å². The Morgan fingerprint density at radius 2 is 2.00 bits per heavy atom. The van der Waals surface area contributed by atoms with Gasteiger partial charge in [0.25, 0.3) is 5.91 Å². The largest absolute Gasteiger partial charge is 0.496 e. The number of hydrazine groups is 1. The molecule has 10 nitrogen and oxygen atoms in total. The van der Waals surface area contributed by atoms with Crippen LogP contribution in [0, 0.1) is 10.1 Å². The molecule has 0 radical (unpaired) electrons. The van der Waals surface area contributed by atoms with Crippen molar-refractivity contribution in [2.75, 3.05) is 24.4 Å². The second kappa shape index (κ2) is 9.16. The first-order valence-electron chi connectivity index (χ1n) is 8.01. The third-order valence-corrected chi connectivity index (χ3v) is 3.47. The number of nitrogens with one attached hydrogen (secondary N) is 3. The Labute approximate surface area is 150 Å². The van der Waals surface area contributed by atoms with Crippen LogP contribution in [-0.2, 0) is 0 Å². The van der Waals surface area contributed by atoms with Crippen molar-refractivity contribution in [2.45, 2.75) is 19.8 Å². The summed E-state index contributed by atoms with van der Waals surface area (Å²) in [7, 11) is 1.45. The van der Waals surface area contributed by atoms with Crippen molar-refractivity contribution in [1.82, 2.24) is 15.4 Å². The minimum atomic E-state index is -0.605. The van der Waals surface area contributed by atoms with E-state index in [1.807, 2.05) is 6.92 Å². The zero-order valence-electron chi connectivity index (χ0n) is 14.5. The Morgan fingerprint density at radius 3 is 2.69 bits per heavy atom. The molecule has 0 unspecified atom stereocenters. The number of methoxy groups -OCH3 is 1. The number of anilines is 2. The van der Waals surface area contributed by atoms with Gasteiger partial charge < -0.3 is 10.1 Å². The van der Waals surface area contributed by atoms with E-state index in [-0.39, 0.29) is 22.9 Å². The zero-order chi connectivity index (χ0) is 18.9. The lowest BCUT2D eigenvalue weighted by molar-refractivity contribution is -0.383. The average Bonchev–Trinajstić information content (AvgIpc) is 2.66. The SMILES string of the molecule is CCCCNc1ncnc(NNC(=O)c2ccccc2OC)c1[N+](=O)[O-]. The summed E-state index contributed by atoms with van der Waals surface area (Å²) < 4.78 is 5.12. The molecule has 0 atom stereocenters. The highest BCUT2D eigenvalue weighted by Crippen LogP contribution is 2.28. The number of hydrogen-bond donors (Lipinski definition) is 3. The second-order valence-corrected chi connectivity index (χ2v) is 5.24. The van der Waals surface area contributed by atoms with Gasteiger partial charge in [0.2, 0.25) is 11.6 Å². The van der Waals surface area contributed by atoms with Gasteiger partial charge in [-0.05, 0) is 18.6 Å². The number of benzene rings is 1. The van der Waals surface area contributed by atoms with Crippen molar-refractivity contribution in [2.24, 2.45) is 0 Å². The molecule has 1 aromatic carbocycles. The Bertz CT molecular complexity index is 783. The fraction of sp³-hybridized carbons (Fsp3) is 0.312. The zero-order valence-corrected chi connectivity index (χ0v) is 14.5. The van der Waals surface area contributed by atoms with E-state index in [1.165, 1.54) is 13.4 Å². The van der Waals surface area contributed by atoms with Crippen molar-refractivity contribution in [3.05, 3.63) is 46.3 Å². The number of ether oxygens (including phenoxy) is 1. The van der Waals surface area contributed by atoms with E-state index in [9.17, 15) is 14.9 Å². The molecule has 0 bridgehead atoms. The van der Waals surface area contributed by atoms with E-state index in [1.54, 1.807) is 24.3 Å². The van der Waals surface area contributed by atoms with Crippen LogP contribution >= 0.6 is 0 Å². The molecule has 0 aliphatic carbocycles. The molecule has 0 saturated heterocycles. The maximum absolute atomic E-state index is 12.3. The van der Waals surface area contributed by atoms with E-state index in [4.69, 9.17) is 4.74 Å². The minimum absolute atomic E-state index is 0.0903. The van der Waals surface area contributed by atoms with Crippen LogP contribution < -0.4 is 20.9 Å². The number of aromatic nitrogens is 2. The predicted octanol–water partition coefficient (Wildman–Crippen LogP) is 2.36. The molecular weight excluding hydrogens is 340 g/mol. The minimum Gasteiger partial charge on any atom is -0.496 e. The molecule has 26 heavy (non-hydrogen) atoms. The van der Waals surface area contributed by atoms with Crippen LogP contribution in [-0.4, -0.2) is 34.5 Å². The van der Waals surface area contributed by atoms with Crippen molar-refractivity contribution in [3.8, 4) is 5.75 Å². The maximum Gasteiger partial charge on any atom is 0.354 e. The third kappa shape index (κ3) is 4.56.